The van der Waals surface area contributed by atoms with Crippen molar-refractivity contribution >= 4 is 11.8 Å². The number of rotatable bonds is 4. The van der Waals surface area contributed by atoms with Crippen LogP contribution in [0.15, 0.2) is 24.3 Å². The van der Waals surface area contributed by atoms with E-state index in [0.717, 1.165) is 12.8 Å². The first kappa shape index (κ1) is 15.1. The number of aliphatic hydroxyl groups is 1. The van der Waals surface area contributed by atoms with Gasteiger partial charge in [0.25, 0.3) is 5.91 Å². The highest BCUT2D eigenvalue weighted by Crippen LogP contribution is 2.18. The lowest BCUT2D eigenvalue weighted by molar-refractivity contribution is -0.122. The molecule has 5 heteroatoms. The molecule has 0 radical (unpaired) electrons. The maximum absolute atomic E-state index is 12.2. The van der Waals surface area contributed by atoms with E-state index in [9.17, 15) is 9.59 Å². The van der Waals surface area contributed by atoms with E-state index in [2.05, 4.69) is 22.5 Å². The molecule has 0 aromatic heterocycles. The average Bonchev–Trinajstić information content (AvgIpc) is 3.29. The third-order valence-electron chi connectivity index (χ3n) is 3.14. The summed E-state index contributed by atoms with van der Waals surface area (Å²) in [4.78, 5) is 24.1. The molecule has 1 unspecified atom stereocenters. The molecule has 0 bridgehead atoms. The van der Waals surface area contributed by atoms with E-state index in [1.54, 1.807) is 31.2 Å². The summed E-state index contributed by atoms with van der Waals surface area (Å²) in [5.41, 5.74) is 0.920. The van der Waals surface area contributed by atoms with Crippen LogP contribution >= 0.6 is 0 Å². The summed E-state index contributed by atoms with van der Waals surface area (Å²) in [7, 11) is 0. The molecule has 0 spiro atoms. The minimum absolute atomic E-state index is 0.176. The molecule has 1 aromatic rings. The largest absolute Gasteiger partial charge is 0.384 e. The lowest BCUT2D eigenvalue weighted by atomic mass is 10.1. The Kier molecular flexibility index (Phi) is 4.96. The van der Waals surface area contributed by atoms with Crippen LogP contribution in [-0.2, 0) is 4.79 Å². The average molecular weight is 286 g/mol. The van der Waals surface area contributed by atoms with E-state index in [-0.39, 0.29) is 24.5 Å². The van der Waals surface area contributed by atoms with Gasteiger partial charge in [-0.1, -0.05) is 24.0 Å². The van der Waals surface area contributed by atoms with Crippen molar-refractivity contribution in [2.75, 3.05) is 6.61 Å². The van der Waals surface area contributed by atoms with Crippen molar-refractivity contribution in [3.8, 4) is 11.8 Å². The summed E-state index contributed by atoms with van der Waals surface area (Å²) in [6.07, 6.45) is 2.01. The van der Waals surface area contributed by atoms with Crippen molar-refractivity contribution in [1.82, 2.24) is 10.6 Å². The van der Waals surface area contributed by atoms with E-state index in [4.69, 9.17) is 5.11 Å². The number of carbonyl (C=O) groups is 2. The SMILES string of the molecule is CC(NC(=O)c1ccccc1C#CCO)C(=O)NC1CC1. The maximum atomic E-state index is 12.2. The monoisotopic (exact) mass is 286 g/mol. The molecule has 21 heavy (non-hydrogen) atoms. The summed E-state index contributed by atoms with van der Waals surface area (Å²) < 4.78 is 0. The van der Waals surface area contributed by atoms with Crippen LogP contribution in [0.5, 0.6) is 0 Å². The van der Waals surface area contributed by atoms with Gasteiger partial charge >= 0.3 is 0 Å². The summed E-state index contributed by atoms with van der Waals surface area (Å²) in [6.45, 7) is 1.38. The summed E-state index contributed by atoms with van der Waals surface area (Å²) in [6, 6.07) is 6.50. The molecule has 2 amide bonds. The van der Waals surface area contributed by atoms with Crippen LogP contribution in [0.2, 0.25) is 0 Å². The van der Waals surface area contributed by atoms with Crippen molar-refractivity contribution in [3.63, 3.8) is 0 Å². The Morgan fingerprint density at radius 1 is 1.38 bits per heavy atom. The predicted octanol–water partition coefficient (Wildman–Crippen LogP) is 0.427. The van der Waals surface area contributed by atoms with Crippen molar-refractivity contribution < 1.29 is 14.7 Å². The highest BCUT2D eigenvalue weighted by Gasteiger charge is 2.26. The zero-order valence-corrected chi connectivity index (χ0v) is 11.8. The second-order valence-electron chi connectivity index (χ2n) is 4.98. The standard InChI is InChI=1S/C16H18N2O3/c1-11(15(20)18-13-8-9-13)17-16(21)14-7-3-2-5-12(14)6-4-10-19/h2-3,5,7,11,13,19H,8-10H2,1H3,(H,17,21)(H,18,20). The van der Waals surface area contributed by atoms with Gasteiger partial charge in [-0.15, -0.1) is 0 Å². The first-order chi connectivity index (χ1) is 10.1. The molecule has 0 aliphatic heterocycles. The fraction of sp³-hybridized carbons (Fsp3) is 0.375. The minimum atomic E-state index is -0.600. The van der Waals surface area contributed by atoms with Crippen LogP contribution in [0.4, 0.5) is 0 Å². The van der Waals surface area contributed by atoms with E-state index >= 15 is 0 Å². The molecule has 1 saturated carbocycles. The molecule has 5 nitrogen and oxygen atoms in total. The Morgan fingerprint density at radius 3 is 2.76 bits per heavy atom. The Labute approximate surface area is 123 Å². The molecule has 0 saturated heterocycles. The molecule has 3 N–H and O–H groups in total. The number of amides is 2. The molecule has 1 aliphatic carbocycles. The number of carbonyl (C=O) groups excluding carboxylic acids is 2. The van der Waals surface area contributed by atoms with Gasteiger partial charge in [0.1, 0.15) is 12.6 Å². The first-order valence-corrected chi connectivity index (χ1v) is 6.92. The maximum Gasteiger partial charge on any atom is 0.253 e. The lowest BCUT2D eigenvalue weighted by Crippen LogP contribution is -2.45. The van der Waals surface area contributed by atoms with Gasteiger partial charge in [-0.3, -0.25) is 9.59 Å². The van der Waals surface area contributed by atoms with Crippen molar-refractivity contribution in [2.45, 2.75) is 31.8 Å². The van der Waals surface area contributed by atoms with Gasteiger partial charge in [0.05, 0.1) is 5.56 Å². The number of hydrogen-bond acceptors (Lipinski definition) is 3. The third kappa shape index (κ3) is 4.33. The number of aliphatic hydroxyl groups excluding tert-OH is 1. The molecule has 110 valence electrons. The smallest absolute Gasteiger partial charge is 0.253 e. The Hall–Kier alpha value is -2.32. The molecular weight excluding hydrogens is 268 g/mol. The van der Waals surface area contributed by atoms with Crippen LogP contribution in [0, 0.1) is 11.8 Å². The number of hydrogen-bond donors (Lipinski definition) is 3. The third-order valence-corrected chi connectivity index (χ3v) is 3.14. The Balaban J connectivity index is 2.03. The Bertz CT molecular complexity index is 597. The zero-order valence-electron chi connectivity index (χ0n) is 11.8. The number of benzene rings is 1. The Morgan fingerprint density at radius 2 is 2.10 bits per heavy atom. The quantitative estimate of drug-likeness (QED) is 0.702. The summed E-state index contributed by atoms with van der Waals surface area (Å²) >= 11 is 0. The van der Waals surface area contributed by atoms with Gasteiger partial charge in [-0.25, -0.2) is 0 Å². The van der Waals surface area contributed by atoms with Gasteiger partial charge < -0.3 is 15.7 Å². The van der Waals surface area contributed by atoms with E-state index < -0.39 is 6.04 Å². The molecule has 1 atom stereocenters. The van der Waals surface area contributed by atoms with Gasteiger partial charge in [0.15, 0.2) is 0 Å². The van der Waals surface area contributed by atoms with Crippen molar-refractivity contribution in [1.29, 1.82) is 0 Å². The fourth-order valence-corrected chi connectivity index (χ4v) is 1.82. The molecule has 1 aromatic carbocycles. The second kappa shape index (κ2) is 6.91. The number of nitrogens with one attached hydrogen (secondary N) is 2. The van der Waals surface area contributed by atoms with Gasteiger partial charge in [0.2, 0.25) is 5.91 Å². The topological polar surface area (TPSA) is 78.4 Å². The molecule has 2 rings (SSSR count). The molecular formula is C16H18N2O3. The highest BCUT2D eigenvalue weighted by molar-refractivity contribution is 5.99. The van der Waals surface area contributed by atoms with Gasteiger partial charge in [-0.2, -0.15) is 0 Å². The first-order valence-electron chi connectivity index (χ1n) is 6.92. The van der Waals surface area contributed by atoms with E-state index in [1.807, 2.05) is 0 Å². The van der Waals surface area contributed by atoms with Crippen LogP contribution in [0.3, 0.4) is 0 Å². The fourth-order valence-electron chi connectivity index (χ4n) is 1.82. The summed E-state index contributed by atoms with van der Waals surface area (Å²) in [5.74, 6) is 4.72. The van der Waals surface area contributed by atoms with Crippen molar-refractivity contribution in [3.05, 3.63) is 35.4 Å². The van der Waals surface area contributed by atoms with Crippen molar-refractivity contribution in [2.24, 2.45) is 0 Å². The van der Waals surface area contributed by atoms with E-state index in [0.29, 0.717) is 11.1 Å². The van der Waals surface area contributed by atoms with Gasteiger partial charge in [0, 0.05) is 11.6 Å². The summed E-state index contributed by atoms with van der Waals surface area (Å²) in [5, 5.41) is 14.2. The van der Waals surface area contributed by atoms with Crippen LogP contribution in [0.25, 0.3) is 0 Å². The van der Waals surface area contributed by atoms with Gasteiger partial charge in [-0.05, 0) is 31.9 Å². The highest BCUT2D eigenvalue weighted by atomic mass is 16.2. The molecule has 1 fully saturated rings. The minimum Gasteiger partial charge on any atom is -0.384 e. The van der Waals surface area contributed by atoms with E-state index in [1.165, 1.54) is 0 Å². The molecule has 1 aliphatic rings. The zero-order chi connectivity index (χ0) is 15.2. The predicted molar refractivity (Wildman–Crippen MR) is 78.5 cm³/mol. The lowest BCUT2D eigenvalue weighted by Gasteiger charge is -2.14. The van der Waals surface area contributed by atoms with Crippen LogP contribution in [-0.4, -0.2) is 35.6 Å². The van der Waals surface area contributed by atoms with Crippen LogP contribution < -0.4 is 10.6 Å². The second-order valence-corrected chi connectivity index (χ2v) is 4.98. The normalized spacial score (nSPS) is 14.6. The van der Waals surface area contributed by atoms with Crippen LogP contribution in [0.1, 0.15) is 35.7 Å². The molecule has 0 heterocycles.